The van der Waals surface area contributed by atoms with Crippen LogP contribution in [0.5, 0.6) is 0 Å². The van der Waals surface area contributed by atoms with Gasteiger partial charge in [-0.1, -0.05) is 6.92 Å². The molecule has 2 aromatic rings. The minimum absolute atomic E-state index is 0.161. The van der Waals surface area contributed by atoms with Crippen LogP contribution < -0.4 is 5.32 Å². The zero-order valence-electron chi connectivity index (χ0n) is 10.3. The van der Waals surface area contributed by atoms with Gasteiger partial charge in [0, 0.05) is 17.3 Å². The largest absolute Gasteiger partial charge is 0.366 e. The van der Waals surface area contributed by atoms with E-state index < -0.39 is 0 Å². The summed E-state index contributed by atoms with van der Waals surface area (Å²) in [6.07, 6.45) is 6.94. The third kappa shape index (κ3) is 2.74. The monoisotopic (exact) mass is 279 g/mol. The van der Waals surface area contributed by atoms with Crippen LogP contribution in [-0.4, -0.2) is 16.0 Å². The molecule has 18 heavy (non-hydrogen) atoms. The number of aryl methyl sites for hydroxylation is 1. The lowest BCUT2D eigenvalue weighted by molar-refractivity contribution is 0.823. The topological polar surface area (TPSA) is 37.8 Å². The van der Waals surface area contributed by atoms with Crippen molar-refractivity contribution in [3.8, 4) is 12.3 Å². The van der Waals surface area contributed by atoms with Gasteiger partial charge in [0.1, 0.15) is 10.6 Å². The molecule has 0 saturated carbocycles. The summed E-state index contributed by atoms with van der Waals surface area (Å²) in [5.74, 6) is 3.40. The Bertz CT molecular complexity index is 600. The number of anilines is 1. The number of rotatable bonds is 4. The average molecular weight is 280 g/mol. The van der Waals surface area contributed by atoms with E-state index in [0.717, 1.165) is 22.5 Å². The maximum absolute atomic E-state index is 5.94. The van der Waals surface area contributed by atoms with Crippen LogP contribution in [0.25, 0.3) is 10.2 Å². The molecule has 0 amide bonds. The van der Waals surface area contributed by atoms with E-state index in [1.165, 1.54) is 4.88 Å². The Morgan fingerprint density at radius 2 is 2.33 bits per heavy atom. The highest BCUT2D eigenvalue weighted by Gasteiger charge is 2.12. The Hall–Kier alpha value is -1.31. The summed E-state index contributed by atoms with van der Waals surface area (Å²) in [5.41, 5.74) is 0. The second-order valence-electron chi connectivity index (χ2n) is 4.08. The average Bonchev–Trinajstić information content (AvgIpc) is 2.72. The quantitative estimate of drug-likeness (QED) is 0.684. The molecule has 0 aliphatic heterocycles. The molecule has 94 valence electrons. The molecule has 0 radical (unpaired) electrons. The van der Waals surface area contributed by atoms with Crippen molar-refractivity contribution in [3.63, 3.8) is 0 Å². The van der Waals surface area contributed by atoms with Gasteiger partial charge in [0.15, 0.2) is 0 Å². The van der Waals surface area contributed by atoms with Crippen LogP contribution in [0.15, 0.2) is 6.07 Å². The lowest BCUT2D eigenvalue weighted by Crippen LogP contribution is -2.15. The molecule has 0 spiro atoms. The summed E-state index contributed by atoms with van der Waals surface area (Å²) in [7, 11) is 0. The number of aromatic nitrogens is 2. The Labute approximate surface area is 116 Å². The Balaban J connectivity index is 2.42. The van der Waals surface area contributed by atoms with Crippen molar-refractivity contribution < 1.29 is 0 Å². The molecule has 3 nitrogen and oxygen atoms in total. The molecule has 0 aromatic carbocycles. The van der Waals surface area contributed by atoms with E-state index in [2.05, 4.69) is 34.2 Å². The van der Waals surface area contributed by atoms with Crippen LogP contribution in [0.2, 0.25) is 5.28 Å². The van der Waals surface area contributed by atoms with Gasteiger partial charge in [-0.15, -0.1) is 23.7 Å². The minimum Gasteiger partial charge on any atom is -0.366 e. The molecule has 0 fully saturated rings. The van der Waals surface area contributed by atoms with Crippen LogP contribution in [0, 0.1) is 12.3 Å². The fourth-order valence-electron chi connectivity index (χ4n) is 1.69. The van der Waals surface area contributed by atoms with Crippen molar-refractivity contribution in [2.45, 2.75) is 32.7 Å². The molecule has 1 unspecified atom stereocenters. The van der Waals surface area contributed by atoms with Gasteiger partial charge in [-0.2, -0.15) is 0 Å². The van der Waals surface area contributed by atoms with Crippen LogP contribution in [0.3, 0.4) is 0 Å². The van der Waals surface area contributed by atoms with Gasteiger partial charge in [-0.3, -0.25) is 0 Å². The number of thiophene rings is 1. The highest BCUT2D eigenvalue weighted by molar-refractivity contribution is 7.18. The van der Waals surface area contributed by atoms with Crippen LogP contribution >= 0.6 is 22.9 Å². The fourth-order valence-corrected chi connectivity index (χ4v) is 2.88. The molecule has 0 aliphatic carbocycles. The summed E-state index contributed by atoms with van der Waals surface area (Å²) in [6, 6.07) is 2.27. The second-order valence-corrected chi connectivity index (χ2v) is 5.53. The zero-order chi connectivity index (χ0) is 13.1. The fraction of sp³-hybridized carbons (Fsp3) is 0.385. The summed E-state index contributed by atoms with van der Waals surface area (Å²) < 4.78 is 0. The van der Waals surface area contributed by atoms with Crippen molar-refractivity contribution >= 4 is 39.0 Å². The smallest absolute Gasteiger partial charge is 0.225 e. The number of nitrogens with one attached hydrogen (secondary N) is 1. The van der Waals surface area contributed by atoms with Gasteiger partial charge in [-0.05, 0) is 31.0 Å². The first-order valence-electron chi connectivity index (χ1n) is 5.80. The summed E-state index contributed by atoms with van der Waals surface area (Å²) in [6.45, 7) is 4.14. The molecule has 0 saturated heterocycles. The summed E-state index contributed by atoms with van der Waals surface area (Å²) in [5, 5.41) is 4.58. The molecule has 2 aromatic heterocycles. The first-order chi connectivity index (χ1) is 8.63. The van der Waals surface area contributed by atoms with Gasteiger partial charge in [0.2, 0.25) is 5.28 Å². The Morgan fingerprint density at radius 3 is 3.00 bits per heavy atom. The number of nitrogens with zero attached hydrogens (tertiary/aromatic N) is 2. The summed E-state index contributed by atoms with van der Waals surface area (Å²) in [4.78, 5) is 10.7. The second kappa shape index (κ2) is 5.55. The molecule has 0 bridgehead atoms. The first kappa shape index (κ1) is 13.1. The molecule has 2 rings (SSSR count). The molecule has 0 aliphatic rings. The third-order valence-electron chi connectivity index (χ3n) is 2.57. The van der Waals surface area contributed by atoms with Gasteiger partial charge in [0.25, 0.3) is 0 Å². The first-order valence-corrected chi connectivity index (χ1v) is 6.99. The van der Waals surface area contributed by atoms with Crippen LogP contribution in [0.1, 0.15) is 25.1 Å². The van der Waals surface area contributed by atoms with E-state index in [1.807, 2.05) is 6.92 Å². The number of hydrogen-bond donors (Lipinski definition) is 1. The SMILES string of the molecule is C#CCC(C)Nc1nc(Cl)nc2sc(CC)cc12. The van der Waals surface area contributed by atoms with E-state index in [4.69, 9.17) is 18.0 Å². The molecule has 2 heterocycles. The Kier molecular flexibility index (Phi) is 4.05. The molecule has 5 heteroatoms. The Morgan fingerprint density at radius 1 is 1.56 bits per heavy atom. The number of halogens is 1. The summed E-state index contributed by atoms with van der Waals surface area (Å²) >= 11 is 7.59. The van der Waals surface area contributed by atoms with Crippen molar-refractivity contribution in [2.24, 2.45) is 0 Å². The predicted molar refractivity (Wildman–Crippen MR) is 78.3 cm³/mol. The van der Waals surface area contributed by atoms with Crippen LogP contribution in [-0.2, 0) is 6.42 Å². The maximum atomic E-state index is 5.94. The van der Waals surface area contributed by atoms with Gasteiger partial charge >= 0.3 is 0 Å². The highest BCUT2D eigenvalue weighted by atomic mass is 35.5. The van der Waals surface area contributed by atoms with E-state index in [0.29, 0.717) is 6.42 Å². The van der Waals surface area contributed by atoms with Crippen molar-refractivity contribution in [2.75, 3.05) is 5.32 Å². The third-order valence-corrected chi connectivity index (χ3v) is 3.91. The number of terminal acetylenes is 1. The van der Waals surface area contributed by atoms with Crippen molar-refractivity contribution in [1.29, 1.82) is 0 Å². The maximum Gasteiger partial charge on any atom is 0.225 e. The van der Waals surface area contributed by atoms with Crippen LogP contribution in [0.4, 0.5) is 5.82 Å². The van der Waals surface area contributed by atoms with E-state index in [-0.39, 0.29) is 11.3 Å². The standard InChI is InChI=1S/C13H14ClN3S/c1-4-6-8(3)15-11-10-7-9(5-2)18-12(10)17-13(14)16-11/h1,7-8H,5-6H2,2-3H3,(H,15,16,17). The van der Waals surface area contributed by atoms with Gasteiger partial charge in [-0.25, -0.2) is 9.97 Å². The van der Waals surface area contributed by atoms with Gasteiger partial charge in [0.05, 0.1) is 5.39 Å². The normalized spacial score (nSPS) is 12.3. The number of fused-ring (bicyclic) bond motifs is 1. The lowest BCUT2D eigenvalue weighted by Gasteiger charge is -2.12. The molecule has 1 atom stereocenters. The molecular weight excluding hydrogens is 266 g/mol. The van der Waals surface area contributed by atoms with Crippen molar-refractivity contribution in [1.82, 2.24) is 9.97 Å². The minimum atomic E-state index is 0.161. The lowest BCUT2D eigenvalue weighted by atomic mass is 10.2. The molecular formula is C13H14ClN3S. The molecule has 1 N–H and O–H groups in total. The highest BCUT2D eigenvalue weighted by Crippen LogP contribution is 2.30. The van der Waals surface area contributed by atoms with Crippen molar-refractivity contribution in [3.05, 3.63) is 16.2 Å². The van der Waals surface area contributed by atoms with E-state index in [9.17, 15) is 0 Å². The number of hydrogen-bond acceptors (Lipinski definition) is 4. The van der Waals surface area contributed by atoms with E-state index >= 15 is 0 Å². The zero-order valence-corrected chi connectivity index (χ0v) is 11.9. The predicted octanol–water partition coefficient (Wildman–Crippen LogP) is 3.73. The van der Waals surface area contributed by atoms with E-state index in [1.54, 1.807) is 11.3 Å². The van der Waals surface area contributed by atoms with Gasteiger partial charge < -0.3 is 5.32 Å².